The highest BCUT2D eigenvalue weighted by Gasteiger charge is 2.64. The summed E-state index contributed by atoms with van der Waals surface area (Å²) in [7, 11) is 0. The van der Waals surface area contributed by atoms with Gasteiger partial charge in [-0.2, -0.15) is 0 Å². The van der Waals surface area contributed by atoms with Crippen LogP contribution in [0.25, 0.3) is 0 Å². The van der Waals surface area contributed by atoms with E-state index in [1.54, 1.807) is 0 Å². The molecule has 15 heavy (non-hydrogen) atoms. The van der Waals surface area contributed by atoms with Crippen molar-refractivity contribution < 1.29 is 10.2 Å². The predicted molar refractivity (Wildman–Crippen MR) is 61.6 cm³/mol. The summed E-state index contributed by atoms with van der Waals surface area (Å²) in [6, 6.07) is 0.474. The van der Waals surface area contributed by atoms with Crippen LogP contribution in [0.1, 0.15) is 34.6 Å². The Labute approximate surface area is 92.9 Å². The summed E-state index contributed by atoms with van der Waals surface area (Å²) in [5.74, 6) is 0. The highest BCUT2D eigenvalue weighted by Crippen LogP contribution is 2.62. The minimum absolute atomic E-state index is 0.0179. The van der Waals surface area contributed by atoms with Crippen LogP contribution < -0.4 is 5.32 Å². The Morgan fingerprint density at radius 3 is 1.73 bits per heavy atom. The molecular weight excluding hydrogens is 190 g/mol. The zero-order valence-electron chi connectivity index (χ0n) is 10.6. The number of hydrogen-bond donors (Lipinski definition) is 3. The maximum absolute atomic E-state index is 9.18. The third kappa shape index (κ3) is 2.05. The van der Waals surface area contributed by atoms with E-state index in [2.05, 4.69) is 33.0 Å². The highest BCUT2D eigenvalue weighted by molar-refractivity contribution is 5.17. The molecule has 0 aromatic heterocycles. The van der Waals surface area contributed by atoms with Gasteiger partial charge >= 0.3 is 0 Å². The highest BCUT2D eigenvalue weighted by atomic mass is 16.3. The molecule has 1 fully saturated rings. The Morgan fingerprint density at radius 1 is 1.07 bits per heavy atom. The molecule has 0 atom stereocenters. The minimum atomic E-state index is -0.408. The Morgan fingerprint density at radius 2 is 1.47 bits per heavy atom. The van der Waals surface area contributed by atoms with Crippen molar-refractivity contribution in [3.05, 3.63) is 0 Å². The number of aliphatic hydroxyl groups excluding tert-OH is 2. The fourth-order valence-electron chi connectivity index (χ4n) is 2.22. The van der Waals surface area contributed by atoms with Crippen molar-refractivity contribution in [2.24, 2.45) is 16.2 Å². The van der Waals surface area contributed by atoms with Crippen LogP contribution in [0.4, 0.5) is 0 Å². The molecule has 1 aliphatic carbocycles. The van der Waals surface area contributed by atoms with Crippen LogP contribution in [0.5, 0.6) is 0 Å². The first-order chi connectivity index (χ1) is 6.71. The van der Waals surface area contributed by atoms with Gasteiger partial charge in [0.15, 0.2) is 0 Å². The summed E-state index contributed by atoms with van der Waals surface area (Å²) < 4.78 is 0. The summed E-state index contributed by atoms with van der Waals surface area (Å²) in [5.41, 5.74) is 0.201. The van der Waals surface area contributed by atoms with Gasteiger partial charge in [-0.25, -0.2) is 0 Å². The van der Waals surface area contributed by atoms with Gasteiger partial charge in [0.2, 0.25) is 0 Å². The van der Waals surface area contributed by atoms with E-state index < -0.39 is 5.41 Å². The Balaban J connectivity index is 2.47. The van der Waals surface area contributed by atoms with Crippen molar-refractivity contribution in [3.63, 3.8) is 0 Å². The van der Waals surface area contributed by atoms with Crippen molar-refractivity contribution in [2.75, 3.05) is 19.8 Å². The topological polar surface area (TPSA) is 52.5 Å². The molecule has 0 radical (unpaired) electrons. The molecule has 0 saturated heterocycles. The van der Waals surface area contributed by atoms with Gasteiger partial charge in [0.05, 0.1) is 13.2 Å². The first kappa shape index (κ1) is 12.9. The van der Waals surface area contributed by atoms with Crippen LogP contribution >= 0.6 is 0 Å². The molecule has 0 aromatic carbocycles. The largest absolute Gasteiger partial charge is 0.396 e. The number of nitrogens with one attached hydrogen (secondary N) is 1. The molecule has 3 N–H and O–H groups in total. The normalized spacial score (nSPS) is 24.2. The van der Waals surface area contributed by atoms with E-state index in [9.17, 15) is 10.2 Å². The summed E-state index contributed by atoms with van der Waals surface area (Å²) in [5, 5.41) is 21.8. The van der Waals surface area contributed by atoms with E-state index in [0.29, 0.717) is 23.4 Å². The van der Waals surface area contributed by atoms with Crippen molar-refractivity contribution in [3.8, 4) is 0 Å². The molecule has 0 bridgehead atoms. The molecule has 0 unspecified atom stereocenters. The Hall–Kier alpha value is -0.120. The summed E-state index contributed by atoms with van der Waals surface area (Å²) in [6.45, 7) is 11.6. The van der Waals surface area contributed by atoms with Gasteiger partial charge in [0.1, 0.15) is 0 Å². The maximum atomic E-state index is 9.18. The Kier molecular flexibility index (Phi) is 3.21. The first-order valence-corrected chi connectivity index (χ1v) is 5.66. The maximum Gasteiger partial charge on any atom is 0.0518 e. The average molecular weight is 215 g/mol. The van der Waals surface area contributed by atoms with Gasteiger partial charge < -0.3 is 15.5 Å². The van der Waals surface area contributed by atoms with Crippen LogP contribution in [0.2, 0.25) is 0 Å². The van der Waals surface area contributed by atoms with Gasteiger partial charge in [-0.15, -0.1) is 0 Å². The van der Waals surface area contributed by atoms with Crippen molar-refractivity contribution in [2.45, 2.75) is 40.7 Å². The zero-order valence-corrected chi connectivity index (χ0v) is 10.6. The third-order valence-corrected chi connectivity index (χ3v) is 4.52. The van der Waals surface area contributed by atoms with Gasteiger partial charge in [0.25, 0.3) is 0 Å². The molecule has 0 aromatic rings. The molecule has 0 heterocycles. The summed E-state index contributed by atoms with van der Waals surface area (Å²) in [4.78, 5) is 0. The predicted octanol–water partition coefficient (Wildman–Crippen LogP) is 1.00. The lowest BCUT2D eigenvalue weighted by molar-refractivity contribution is 0.0684. The molecule has 90 valence electrons. The summed E-state index contributed by atoms with van der Waals surface area (Å²) >= 11 is 0. The number of aliphatic hydroxyl groups is 2. The Bertz CT molecular complexity index is 218. The minimum Gasteiger partial charge on any atom is -0.396 e. The second-order valence-electron chi connectivity index (χ2n) is 6.38. The zero-order chi connectivity index (χ0) is 11.9. The SMILES string of the molecule is CC(CO)(CO)CNC1C(C)(C)C1(C)C. The summed E-state index contributed by atoms with van der Waals surface area (Å²) in [6.07, 6.45) is 0. The van der Waals surface area contributed by atoms with E-state index >= 15 is 0 Å². The van der Waals surface area contributed by atoms with Crippen LogP contribution in [0.3, 0.4) is 0 Å². The van der Waals surface area contributed by atoms with Gasteiger partial charge in [-0.1, -0.05) is 34.6 Å². The molecular formula is C12H25NO2. The lowest BCUT2D eigenvalue weighted by Gasteiger charge is -2.25. The molecule has 1 saturated carbocycles. The number of rotatable bonds is 5. The van der Waals surface area contributed by atoms with Gasteiger partial charge in [0, 0.05) is 18.0 Å². The molecule has 0 aliphatic heterocycles. The quantitative estimate of drug-likeness (QED) is 0.641. The van der Waals surface area contributed by atoms with Crippen molar-refractivity contribution in [1.82, 2.24) is 5.32 Å². The van der Waals surface area contributed by atoms with Crippen molar-refractivity contribution >= 4 is 0 Å². The molecule has 0 spiro atoms. The van der Waals surface area contributed by atoms with E-state index in [1.807, 2.05) is 6.92 Å². The first-order valence-electron chi connectivity index (χ1n) is 5.66. The average Bonchev–Trinajstić information content (AvgIpc) is 2.55. The lowest BCUT2D eigenvalue weighted by Crippen LogP contribution is -2.40. The molecule has 1 aliphatic rings. The fraction of sp³-hybridized carbons (Fsp3) is 1.00. The standard InChI is InChI=1S/C12H25NO2/c1-10(2)9(11(10,3)4)13-6-12(5,7-14)8-15/h9,13-15H,6-8H2,1-5H3. The monoisotopic (exact) mass is 215 g/mol. The lowest BCUT2D eigenvalue weighted by atomic mass is 9.93. The third-order valence-electron chi connectivity index (χ3n) is 4.52. The molecule has 1 rings (SSSR count). The molecule has 3 heteroatoms. The van der Waals surface area contributed by atoms with Crippen LogP contribution in [-0.4, -0.2) is 36.0 Å². The van der Waals surface area contributed by atoms with E-state index in [0.717, 1.165) is 0 Å². The second-order valence-corrected chi connectivity index (χ2v) is 6.38. The van der Waals surface area contributed by atoms with E-state index in [1.165, 1.54) is 0 Å². The van der Waals surface area contributed by atoms with Gasteiger partial charge in [-0.3, -0.25) is 0 Å². The van der Waals surface area contributed by atoms with Crippen molar-refractivity contribution in [1.29, 1.82) is 0 Å². The number of hydrogen-bond acceptors (Lipinski definition) is 3. The van der Waals surface area contributed by atoms with Gasteiger partial charge in [-0.05, 0) is 10.8 Å². The smallest absolute Gasteiger partial charge is 0.0518 e. The fourth-order valence-corrected chi connectivity index (χ4v) is 2.22. The second kappa shape index (κ2) is 3.72. The molecule has 3 nitrogen and oxygen atoms in total. The van der Waals surface area contributed by atoms with Crippen LogP contribution in [-0.2, 0) is 0 Å². The van der Waals surface area contributed by atoms with E-state index in [-0.39, 0.29) is 13.2 Å². The van der Waals surface area contributed by atoms with Crippen LogP contribution in [0, 0.1) is 16.2 Å². The van der Waals surface area contributed by atoms with E-state index in [4.69, 9.17) is 0 Å². The van der Waals surface area contributed by atoms with Crippen LogP contribution in [0.15, 0.2) is 0 Å². The molecule has 0 amide bonds.